The first-order valence-corrected chi connectivity index (χ1v) is 10.6. The van der Waals surface area contributed by atoms with Gasteiger partial charge in [0.1, 0.15) is 17.2 Å². The molecule has 3 aromatic carbocycles. The number of hydrogen-bond donors (Lipinski definition) is 4. The third kappa shape index (κ3) is 5.51. The fourth-order valence-electron chi connectivity index (χ4n) is 3.66. The summed E-state index contributed by atoms with van der Waals surface area (Å²) in [5.74, 6) is 0.308. The maximum Gasteiger partial charge on any atom is 0.303 e. The van der Waals surface area contributed by atoms with Crippen LogP contribution in [0.3, 0.4) is 0 Å². The summed E-state index contributed by atoms with van der Waals surface area (Å²) in [7, 11) is 0. The van der Waals surface area contributed by atoms with Gasteiger partial charge in [-0.1, -0.05) is 18.2 Å². The fraction of sp³-hybridized carbons (Fsp3) is 0.154. The number of carboxylic acid groups (broad SMARTS) is 1. The maximum absolute atomic E-state index is 12.6. The van der Waals surface area contributed by atoms with Crippen molar-refractivity contribution >= 4 is 28.5 Å². The number of amides is 1. The molecular weight excluding hydrogens is 418 g/mol. The van der Waals surface area contributed by atoms with Crippen molar-refractivity contribution in [3.8, 4) is 11.5 Å². The molecule has 4 rings (SSSR count). The number of fused-ring (bicyclic) bond motifs is 1. The number of aryl methyl sites for hydroxylation is 2. The number of carboxylic acids is 1. The average Bonchev–Trinajstić information content (AvgIpc) is 3.20. The molecule has 5 N–H and O–H groups in total. The number of nitrogen functional groups attached to an aromatic ring is 1. The molecule has 168 valence electrons. The van der Waals surface area contributed by atoms with E-state index in [9.17, 15) is 9.59 Å². The lowest BCUT2D eigenvalue weighted by atomic mass is 10.0. The summed E-state index contributed by atoms with van der Waals surface area (Å²) in [6.45, 7) is 2.29. The minimum Gasteiger partial charge on any atom is -0.481 e. The van der Waals surface area contributed by atoms with Crippen LogP contribution in [0, 0.1) is 6.92 Å². The first-order valence-electron chi connectivity index (χ1n) is 10.6. The Labute approximate surface area is 191 Å². The largest absolute Gasteiger partial charge is 0.481 e. The summed E-state index contributed by atoms with van der Waals surface area (Å²) in [6, 6.07) is 20.4. The maximum atomic E-state index is 12.6. The van der Waals surface area contributed by atoms with Gasteiger partial charge in [0.25, 0.3) is 5.91 Å². The zero-order valence-corrected chi connectivity index (χ0v) is 18.2. The molecule has 0 aliphatic carbocycles. The molecule has 4 aromatic rings. The van der Waals surface area contributed by atoms with E-state index in [1.54, 1.807) is 12.1 Å². The Morgan fingerprint density at radius 3 is 2.64 bits per heavy atom. The number of aromatic amines is 1. The summed E-state index contributed by atoms with van der Waals surface area (Å²) < 4.78 is 5.98. The Bertz CT molecular complexity index is 1330. The van der Waals surface area contributed by atoms with Crippen LogP contribution >= 0.6 is 0 Å². The Morgan fingerprint density at radius 1 is 1.03 bits per heavy atom. The molecular formula is C26H25N3O4. The Kier molecular flexibility index (Phi) is 6.31. The molecule has 0 unspecified atom stereocenters. The van der Waals surface area contributed by atoms with E-state index in [-0.39, 0.29) is 12.3 Å². The summed E-state index contributed by atoms with van der Waals surface area (Å²) in [5.41, 5.74) is 10.7. The first kappa shape index (κ1) is 22.0. The number of ether oxygens (including phenoxy) is 1. The summed E-state index contributed by atoms with van der Waals surface area (Å²) in [4.78, 5) is 26.5. The van der Waals surface area contributed by atoms with Crippen LogP contribution in [0.1, 0.15) is 33.6 Å². The Morgan fingerprint density at radius 2 is 1.85 bits per heavy atom. The second-order valence-electron chi connectivity index (χ2n) is 7.94. The van der Waals surface area contributed by atoms with Crippen LogP contribution in [0.5, 0.6) is 11.5 Å². The van der Waals surface area contributed by atoms with Crippen LogP contribution in [0.15, 0.2) is 66.7 Å². The standard InChI is InChI=1S/C26H25N3O4/c1-16-11-22(8-5-18(16)6-10-25(30)31)33-21-4-2-3-17(12-21)15-28-26(32)24-14-19-13-20(27)7-9-23(19)29-24/h2-5,7-9,11-14,29H,6,10,15,27H2,1H3,(H,28,32)(H,30,31). The molecule has 7 nitrogen and oxygen atoms in total. The van der Waals surface area contributed by atoms with Crippen molar-refractivity contribution in [1.82, 2.24) is 10.3 Å². The van der Waals surface area contributed by atoms with Gasteiger partial charge in [0.15, 0.2) is 0 Å². The Hall–Kier alpha value is -4.26. The summed E-state index contributed by atoms with van der Waals surface area (Å²) in [5, 5.41) is 12.7. The van der Waals surface area contributed by atoms with Gasteiger partial charge in [-0.15, -0.1) is 0 Å². The number of carbonyl (C=O) groups is 2. The number of hydrogen-bond acceptors (Lipinski definition) is 4. The minimum absolute atomic E-state index is 0.0986. The van der Waals surface area contributed by atoms with Crippen LogP contribution < -0.4 is 15.8 Å². The molecule has 0 aliphatic heterocycles. The lowest BCUT2D eigenvalue weighted by molar-refractivity contribution is -0.136. The average molecular weight is 444 g/mol. The number of nitrogens with two attached hydrogens (primary N) is 1. The Balaban J connectivity index is 1.39. The molecule has 0 atom stereocenters. The quantitative estimate of drug-likeness (QED) is 0.292. The van der Waals surface area contributed by atoms with Crippen LogP contribution in [0.2, 0.25) is 0 Å². The predicted molar refractivity (Wildman–Crippen MR) is 128 cm³/mol. The second kappa shape index (κ2) is 9.48. The third-order valence-corrected chi connectivity index (χ3v) is 5.40. The van der Waals surface area contributed by atoms with E-state index < -0.39 is 5.97 Å². The zero-order valence-electron chi connectivity index (χ0n) is 18.2. The molecule has 0 fully saturated rings. The molecule has 33 heavy (non-hydrogen) atoms. The number of H-pyrrole nitrogens is 1. The smallest absolute Gasteiger partial charge is 0.303 e. The lowest BCUT2D eigenvalue weighted by Crippen LogP contribution is -2.23. The van der Waals surface area contributed by atoms with Crippen molar-refractivity contribution in [3.63, 3.8) is 0 Å². The summed E-state index contributed by atoms with van der Waals surface area (Å²) >= 11 is 0. The number of aliphatic carboxylic acids is 1. The van der Waals surface area contributed by atoms with E-state index in [0.29, 0.717) is 35.8 Å². The molecule has 1 aromatic heterocycles. The monoisotopic (exact) mass is 443 g/mol. The van der Waals surface area contributed by atoms with Crippen LogP contribution in [0.25, 0.3) is 10.9 Å². The molecule has 0 spiro atoms. The zero-order chi connectivity index (χ0) is 23.4. The number of rotatable bonds is 8. The molecule has 0 saturated heterocycles. The molecule has 0 aliphatic rings. The molecule has 0 radical (unpaired) electrons. The van der Waals surface area contributed by atoms with Crippen LogP contribution in [-0.2, 0) is 17.8 Å². The number of nitrogens with one attached hydrogen (secondary N) is 2. The van der Waals surface area contributed by atoms with Crippen molar-refractivity contribution in [2.45, 2.75) is 26.3 Å². The fourth-order valence-corrected chi connectivity index (χ4v) is 3.66. The van der Waals surface area contributed by atoms with E-state index in [1.165, 1.54) is 0 Å². The van der Waals surface area contributed by atoms with Gasteiger partial charge in [-0.2, -0.15) is 0 Å². The number of aromatic nitrogens is 1. The number of benzene rings is 3. The highest BCUT2D eigenvalue weighted by molar-refractivity contribution is 5.98. The van der Waals surface area contributed by atoms with Gasteiger partial charge in [-0.3, -0.25) is 9.59 Å². The van der Waals surface area contributed by atoms with Gasteiger partial charge in [0.05, 0.1) is 0 Å². The van der Waals surface area contributed by atoms with E-state index in [1.807, 2.05) is 61.5 Å². The van der Waals surface area contributed by atoms with Crippen molar-refractivity contribution in [3.05, 3.63) is 89.1 Å². The van der Waals surface area contributed by atoms with Crippen LogP contribution in [0.4, 0.5) is 5.69 Å². The van der Waals surface area contributed by atoms with E-state index in [0.717, 1.165) is 27.6 Å². The van der Waals surface area contributed by atoms with Crippen LogP contribution in [-0.4, -0.2) is 22.0 Å². The van der Waals surface area contributed by atoms with Crippen molar-refractivity contribution in [2.75, 3.05) is 5.73 Å². The third-order valence-electron chi connectivity index (χ3n) is 5.40. The van der Waals surface area contributed by atoms with E-state index in [2.05, 4.69) is 10.3 Å². The van der Waals surface area contributed by atoms with Crippen molar-refractivity contribution < 1.29 is 19.4 Å². The van der Waals surface area contributed by atoms with Crippen molar-refractivity contribution in [2.24, 2.45) is 0 Å². The van der Waals surface area contributed by atoms with Gasteiger partial charge in [-0.05, 0) is 78.6 Å². The van der Waals surface area contributed by atoms with Crippen molar-refractivity contribution in [1.29, 1.82) is 0 Å². The van der Waals surface area contributed by atoms with Gasteiger partial charge in [0, 0.05) is 29.6 Å². The van der Waals surface area contributed by atoms with Gasteiger partial charge >= 0.3 is 5.97 Å². The lowest BCUT2D eigenvalue weighted by Gasteiger charge is -2.11. The summed E-state index contributed by atoms with van der Waals surface area (Å²) in [6.07, 6.45) is 0.585. The molecule has 0 bridgehead atoms. The SMILES string of the molecule is Cc1cc(Oc2cccc(CNC(=O)c3cc4cc(N)ccc4[nH]3)c2)ccc1CCC(=O)O. The van der Waals surface area contributed by atoms with Gasteiger partial charge < -0.3 is 25.9 Å². The highest BCUT2D eigenvalue weighted by Gasteiger charge is 2.10. The topological polar surface area (TPSA) is 117 Å². The van der Waals surface area contributed by atoms with E-state index in [4.69, 9.17) is 15.6 Å². The minimum atomic E-state index is -0.812. The van der Waals surface area contributed by atoms with Gasteiger partial charge in [0.2, 0.25) is 0 Å². The molecule has 1 amide bonds. The molecule has 1 heterocycles. The molecule has 7 heteroatoms. The highest BCUT2D eigenvalue weighted by atomic mass is 16.5. The highest BCUT2D eigenvalue weighted by Crippen LogP contribution is 2.25. The molecule has 0 saturated carbocycles. The first-order chi connectivity index (χ1) is 15.9. The number of anilines is 1. The normalized spacial score (nSPS) is 10.8. The van der Waals surface area contributed by atoms with E-state index >= 15 is 0 Å². The van der Waals surface area contributed by atoms with Gasteiger partial charge in [-0.25, -0.2) is 0 Å². The second-order valence-corrected chi connectivity index (χ2v) is 7.94. The number of carbonyl (C=O) groups excluding carboxylic acids is 1. The predicted octanol–water partition coefficient (Wildman–Crippen LogP) is 4.80.